The van der Waals surface area contributed by atoms with Crippen molar-refractivity contribution in [3.05, 3.63) is 24.5 Å². The molecule has 13 heavy (non-hydrogen) atoms. The molecule has 0 aliphatic carbocycles. The fourth-order valence-corrected chi connectivity index (χ4v) is 1.37. The molecule has 3 nitrogen and oxygen atoms in total. The summed E-state index contributed by atoms with van der Waals surface area (Å²) < 4.78 is 0. The van der Waals surface area contributed by atoms with Crippen LogP contribution in [-0.4, -0.2) is 23.0 Å². The first kappa shape index (κ1) is 8.38. The zero-order valence-electron chi connectivity index (χ0n) is 7.29. The topological polar surface area (TPSA) is 31.9 Å². The SMILES string of the molecule is CN(CCl)c1ccc2nc[nH]c2c1. The number of aromatic nitrogens is 2. The first-order chi connectivity index (χ1) is 6.31. The van der Waals surface area contributed by atoms with E-state index in [1.54, 1.807) is 6.33 Å². The van der Waals surface area contributed by atoms with Gasteiger partial charge in [-0.1, -0.05) is 0 Å². The van der Waals surface area contributed by atoms with Crippen molar-refractivity contribution >= 4 is 28.3 Å². The molecule has 0 spiro atoms. The lowest BCUT2D eigenvalue weighted by Gasteiger charge is -2.14. The lowest BCUT2D eigenvalue weighted by molar-refractivity contribution is 1.09. The van der Waals surface area contributed by atoms with Crippen LogP contribution in [0.3, 0.4) is 0 Å². The Morgan fingerprint density at radius 1 is 1.54 bits per heavy atom. The van der Waals surface area contributed by atoms with Crippen molar-refractivity contribution in [1.82, 2.24) is 9.97 Å². The van der Waals surface area contributed by atoms with Crippen LogP contribution in [-0.2, 0) is 0 Å². The van der Waals surface area contributed by atoms with Crippen LogP contribution in [0.1, 0.15) is 0 Å². The van der Waals surface area contributed by atoms with E-state index in [4.69, 9.17) is 11.6 Å². The number of aromatic amines is 1. The minimum Gasteiger partial charge on any atom is -0.361 e. The summed E-state index contributed by atoms with van der Waals surface area (Å²) >= 11 is 5.71. The van der Waals surface area contributed by atoms with Crippen molar-refractivity contribution in [3.63, 3.8) is 0 Å². The Labute approximate surface area is 81.3 Å². The Kier molecular flexibility index (Phi) is 2.10. The van der Waals surface area contributed by atoms with Gasteiger partial charge in [0.25, 0.3) is 0 Å². The summed E-state index contributed by atoms with van der Waals surface area (Å²) in [6, 6.07) is 6.50. The summed E-state index contributed by atoms with van der Waals surface area (Å²) in [6.07, 6.45) is 1.69. The van der Waals surface area contributed by atoms with Crippen molar-refractivity contribution in [1.29, 1.82) is 0 Å². The quantitative estimate of drug-likeness (QED) is 0.589. The van der Waals surface area contributed by atoms with Gasteiger partial charge in [-0.15, -0.1) is 11.6 Å². The minimum absolute atomic E-state index is 0.486. The number of alkyl halides is 1. The fourth-order valence-electron chi connectivity index (χ4n) is 1.23. The third-order valence-electron chi connectivity index (χ3n) is 2.02. The number of nitrogens with one attached hydrogen (secondary N) is 1. The fraction of sp³-hybridized carbons (Fsp3) is 0.222. The van der Waals surface area contributed by atoms with Crippen molar-refractivity contribution in [3.8, 4) is 0 Å². The number of H-pyrrole nitrogens is 1. The van der Waals surface area contributed by atoms with E-state index >= 15 is 0 Å². The number of nitrogens with zero attached hydrogens (tertiary/aromatic N) is 2. The van der Waals surface area contributed by atoms with Crippen LogP contribution in [0.15, 0.2) is 24.5 Å². The Hall–Kier alpha value is -1.22. The van der Waals surface area contributed by atoms with Crippen LogP contribution in [0, 0.1) is 0 Å². The van der Waals surface area contributed by atoms with E-state index in [0.717, 1.165) is 16.7 Å². The maximum Gasteiger partial charge on any atom is 0.0931 e. The molecule has 0 fully saturated rings. The van der Waals surface area contributed by atoms with Crippen molar-refractivity contribution < 1.29 is 0 Å². The van der Waals surface area contributed by atoms with Crippen LogP contribution in [0.2, 0.25) is 0 Å². The Bertz CT molecular complexity index is 410. The second kappa shape index (κ2) is 3.26. The maximum absolute atomic E-state index is 5.71. The van der Waals surface area contributed by atoms with Gasteiger partial charge in [0.05, 0.1) is 23.4 Å². The summed E-state index contributed by atoms with van der Waals surface area (Å²) in [5.41, 5.74) is 3.10. The molecule has 68 valence electrons. The van der Waals surface area contributed by atoms with Gasteiger partial charge in [0.2, 0.25) is 0 Å². The highest BCUT2D eigenvalue weighted by Gasteiger charge is 2.01. The smallest absolute Gasteiger partial charge is 0.0931 e. The van der Waals surface area contributed by atoms with E-state index in [1.165, 1.54) is 0 Å². The molecule has 0 saturated heterocycles. The van der Waals surface area contributed by atoms with E-state index in [9.17, 15) is 0 Å². The maximum atomic E-state index is 5.71. The standard InChI is InChI=1S/C9H10ClN3/c1-13(5-10)7-2-3-8-9(4-7)12-6-11-8/h2-4,6H,5H2,1H3,(H,11,12). The van der Waals surface area contributed by atoms with Crippen molar-refractivity contribution in [2.24, 2.45) is 0 Å². The summed E-state index contributed by atoms with van der Waals surface area (Å²) in [5.74, 6) is 0. The van der Waals surface area contributed by atoms with Gasteiger partial charge in [0.1, 0.15) is 0 Å². The third kappa shape index (κ3) is 1.47. The molecule has 2 rings (SSSR count). The molecule has 0 amide bonds. The lowest BCUT2D eigenvalue weighted by Crippen LogP contribution is -2.13. The molecular weight excluding hydrogens is 186 g/mol. The number of hydrogen-bond acceptors (Lipinski definition) is 2. The van der Waals surface area contributed by atoms with E-state index in [0.29, 0.717) is 6.00 Å². The van der Waals surface area contributed by atoms with Crippen LogP contribution in [0.25, 0.3) is 11.0 Å². The van der Waals surface area contributed by atoms with Gasteiger partial charge in [0.15, 0.2) is 0 Å². The van der Waals surface area contributed by atoms with Crippen molar-refractivity contribution in [2.75, 3.05) is 18.0 Å². The molecule has 4 heteroatoms. The van der Waals surface area contributed by atoms with Gasteiger partial charge in [-0.3, -0.25) is 0 Å². The molecule has 1 heterocycles. The number of benzene rings is 1. The molecule has 1 aromatic carbocycles. The third-order valence-corrected chi connectivity index (χ3v) is 2.38. The molecule has 2 aromatic rings. The zero-order chi connectivity index (χ0) is 9.26. The Balaban J connectivity index is 2.48. The minimum atomic E-state index is 0.486. The lowest BCUT2D eigenvalue weighted by atomic mass is 10.2. The molecule has 0 aliphatic heterocycles. The largest absolute Gasteiger partial charge is 0.361 e. The number of rotatable bonds is 2. The first-order valence-electron chi connectivity index (χ1n) is 4.01. The number of anilines is 1. The monoisotopic (exact) mass is 195 g/mol. The Morgan fingerprint density at radius 3 is 3.15 bits per heavy atom. The first-order valence-corrected chi connectivity index (χ1v) is 4.55. The summed E-state index contributed by atoms with van der Waals surface area (Å²) in [4.78, 5) is 9.16. The van der Waals surface area contributed by atoms with Gasteiger partial charge in [-0.05, 0) is 18.2 Å². The summed E-state index contributed by atoms with van der Waals surface area (Å²) in [6.45, 7) is 0. The van der Waals surface area contributed by atoms with Crippen LogP contribution < -0.4 is 4.90 Å². The number of hydrogen-bond donors (Lipinski definition) is 1. The van der Waals surface area contributed by atoms with E-state index in [1.807, 2.05) is 30.1 Å². The number of halogens is 1. The molecule has 1 aromatic heterocycles. The van der Waals surface area contributed by atoms with Gasteiger partial charge >= 0.3 is 0 Å². The number of imidazole rings is 1. The van der Waals surface area contributed by atoms with E-state index in [-0.39, 0.29) is 0 Å². The molecule has 0 atom stereocenters. The summed E-state index contributed by atoms with van der Waals surface area (Å²) in [5, 5.41) is 0. The Morgan fingerprint density at radius 2 is 2.38 bits per heavy atom. The highest BCUT2D eigenvalue weighted by molar-refractivity contribution is 6.19. The normalized spacial score (nSPS) is 10.6. The van der Waals surface area contributed by atoms with Crippen LogP contribution >= 0.6 is 11.6 Å². The van der Waals surface area contributed by atoms with Crippen LogP contribution in [0.5, 0.6) is 0 Å². The van der Waals surface area contributed by atoms with Crippen LogP contribution in [0.4, 0.5) is 5.69 Å². The molecule has 0 aliphatic rings. The molecule has 0 saturated carbocycles. The predicted molar refractivity (Wildman–Crippen MR) is 55.2 cm³/mol. The highest BCUT2D eigenvalue weighted by atomic mass is 35.5. The summed E-state index contributed by atoms with van der Waals surface area (Å²) in [7, 11) is 1.95. The molecule has 0 radical (unpaired) electrons. The van der Waals surface area contributed by atoms with Crippen molar-refractivity contribution in [2.45, 2.75) is 0 Å². The van der Waals surface area contributed by atoms with Gasteiger partial charge < -0.3 is 9.88 Å². The second-order valence-electron chi connectivity index (χ2n) is 2.92. The molecular formula is C9H10ClN3. The molecule has 0 unspecified atom stereocenters. The van der Waals surface area contributed by atoms with E-state index in [2.05, 4.69) is 9.97 Å². The van der Waals surface area contributed by atoms with Gasteiger partial charge in [-0.2, -0.15) is 0 Å². The zero-order valence-corrected chi connectivity index (χ0v) is 8.04. The molecule has 1 N–H and O–H groups in total. The second-order valence-corrected chi connectivity index (χ2v) is 3.16. The number of fused-ring (bicyclic) bond motifs is 1. The average Bonchev–Trinajstić information content (AvgIpc) is 2.63. The van der Waals surface area contributed by atoms with E-state index < -0.39 is 0 Å². The average molecular weight is 196 g/mol. The molecule has 0 bridgehead atoms. The van der Waals surface area contributed by atoms with Gasteiger partial charge in [-0.25, -0.2) is 4.98 Å². The highest BCUT2D eigenvalue weighted by Crippen LogP contribution is 2.18. The predicted octanol–water partition coefficient (Wildman–Crippen LogP) is 2.20. The van der Waals surface area contributed by atoms with Gasteiger partial charge in [0, 0.05) is 12.7 Å².